The van der Waals surface area contributed by atoms with Gasteiger partial charge in [0.25, 0.3) is 0 Å². The summed E-state index contributed by atoms with van der Waals surface area (Å²) in [5, 5.41) is 7.90. The van der Waals surface area contributed by atoms with E-state index in [1.807, 2.05) is 0 Å². The second-order valence-electron chi connectivity index (χ2n) is 13.7. The molecule has 0 aliphatic carbocycles. The third kappa shape index (κ3) is 5.11. The Morgan fingerprint density at radius 3 is 1.48 bits per heavy atom. The zero-order valence-electron chi connectivity index (χ0n) is 27.7. The van der Waals surface area contributed by atoms with Gasteiger partial charge in [0, 0.05) is 37.6 Å². The van der Waals surface area contributed by atoms with Gasteiger partial charge in [-0.1, -0.05) is 109 Å². The van der Waals surface area contributed by atoms with E-state index in [4.69, 9.17) is 0 Å². The molecule has 2 nitrogen and oxygen atoms in total. The molecule has 2 saturated heterocycles. The van der Waals surface area contributed by atoms with E-state index in [9.17, 15) is 0 Å². The van der Waals surface area contributed by atoms with Gasteiger partial charge in [0.1, 0.15) is 0 Å². The van der Waals surface area contributed by atoms with Crippen molar-refractivity contribution in [2.45, 2.75) is 38.5 Å². The van der Waals surface area contributed by atoms with Gasteiger partial charge in [-0.2, -0.15) is 0 Å². The van der Waals surface area contributed by atoms with E-state index in [1.54, 1.807) is 0 Å². The van der Waals surface area contributed by atoms with E-state index >= 15 is 0 Å². The van der Waals surface area contributed by atoms with Crippen molar-refractivity contribution in [2.24, 2.45) is 0 Å². The fourth-order valence-corrected chi connectivity index (χ4v) is 8.49. The first-order valence-electron chi connectivity index (χ1n) is 18.0. The zero-order chi connectivity index (χ0) is 31.9. The van der Waals surface area contributed by atoms with Crippen molar-refractivity contribution in [2.75, 3.05) is 36.0 Å². The number of fused-ring (bicyclic) bond motifs is 3. The predicted molar refractivity (Wildman–Crippen MR) is 207 cm³/mol. The molecule has 7 aromatic carbocycles. The SMILES string of the molecule is c1ccc(-c2ccc3ccccc3c2-c2c3ccc(N4CCCCC4)cc3c(-c3ccccc3)c3ccc(N4CCCCC4)cc23)cc1. The normalized spacial score (nSPS) is 15.4. The molecular formula is C46H42N2. The Morgan fingerprint density at radius 1 is 0.333 bits per heavy atom. The first kappa shape index (κ1) is 29.1. The zero-order valence-corrected chi connectivity index (χ0v) is 27.7. The predicted octanol–water partition coefficient (Wildman–Crippen LogP) is 12.1. The van der Waals surface area contributed by atoms with Crippen LogP contribution < -0.4 is 9.80 Å². The molecule has 7 aromatic rings. The lowest BCUT2D eigenvalue weighted by molar-refractivity contribution is 0.578. The third-order valence-corrected chi connectivity index (χ3v) is 10.9. The van der Waals surface area contributed by atoms with E-state index in [0.717, 1.165) is 26.2 Å². The van der Waals surface area contributed by atoms with E-state index in [2.05, 4.69) is 143 Å². The number of hydrogen-bond donors (Lipinski definition) is 0. The summed E-state index contributed by atoms with van der Waals surface area (Å²) in [7, 11) is 0. The molecule has 2 heteroatoms. The largest absolute Gasteiger partial charge is 0.372 e. The highest BCUT2D eigenvalue weighted by Gasteiger charge is 2.23. The Morgan fingerprint density at radius 2 is 0.854 bits per heavy atom. The fourth-order valence-electron chi connectivity index (χ4n) is 8.49. The first-order chi connectivity index (χ1) is 23.8. The Hall–Kier alpha value is -5.08. The van der Waals surface area contributed by atoms with Gasteiger partial charge in [-0.25, -0.2) is 0 Å². The molecule has 0 unspecified atom stereocenters. The maximum absolute atomic E-state index is 2.61. The molecular weight excluding hydrogens is 581 g/mol. The molecule has 0 spiro atoms. The van der Waals surface area contributed by atoms with Crippen molar-refractivity contribution >= 4 is 43.7 Å². The molecule has 0 bridgehead atoms. The molecule has 0 radical (unpaired) electrons. The van der Waals surface area contributed by atoms with Crippen LogP contribution in [0.5, 0.6) is 0 Å². The number of anilines is 2. The lowest BCUT2D eigenvalue weighted by Crippen LogP contribution is -2.29. The Labute approximate surface area is 284 Å². The minimum absolute atomic E-state index is 1.13. The quantitative estimate of drug-likeness (QED) is 0.176. The molecule has 0 N–H and O–H groups in total. The Bertz CT molecular complexity index is 2240. The highest BCUT2D eigenvalue weighted by atomic mass is 15.1. The van der Waals surface area contributed by atoms with Gasteiger partial charge in [-0.05, 0) is 128 Å². The average Bonchev–Trinajstić information content (AvgIpc) is 3.17. The van der Waals surface area contributed by atoms with Gasteiger partial charge >= 0.3 is 0 Å². The topological polar surface area (TPSA) is 6.48 Å². The number of nitrogens with zero attached hydrogens (tertiary/aromatic N) is 2. The van der Waals surface area contributed by atoms with Crippen molar-refractivity contribution in [3.63, 3.8) is 0 Å². The molecule has 0 atom stereocenters. The van der Waals surface area contributed by atoms with Crippen LogP contribution in [0.1, 0.15) is 38.5 Å². The van der Waals surface area contributed by atoms with Crippen LogP contribution in [0.2, 0.25) is 0 Å². The first-order valence-corrected chi connectivity index (χ1v) is 18.0. The third-order valence-electron chi connectivity index (χ3n) is 10.9. The van der Waals surface area contributed by atoms with Crippen LogP contribution in [0.3, 0.4) is 0 Å². The smallest absolute Gasteiger partial charge is 0.0372 e. The highest BCUT2D eigenvalue weighted by molar-refractivity contribution is 6.26. The minimum Gasteiger partial charge on any atom is -0.372 e. The number of benzene rings is 7. The van der Waals surface area contributed by atoms with E-state index < -0.39 is 0 Å². The minimum atomic E-state index is 1.13. The van der Waals surface area contributed by atoms with Crippen molar-refractivity contribution < 1.29 is 0 Å². The summed E-state index contributed by atoms with van der Waals surface area (Å²) < 4.78 is 0. The summed E-state index contributed by atoms with van der Waals surface area (Å²) in [5.41, 5.74) is 10.5. The Balaban J connectivity index is 1.44. The molecule has 2 aliphatic rings. The van der Waals surface area contributed by atoms with Gasteiger partial charge in [0.15, 0.2) is 0 Å². The van der Waals surface area contributed by atoms with E-state index in [0.29, 0.717) is 0 Å². The van der Waals surface area contributed by atoms with Gasteiger partial charge in [-0.3, -0.25) is 0 Å². The number of hydrogen-bond acceptors (Lipinski definition) is 2. The van der Waals surface area contributed by atoms with E-state index in [-0.39, 0.29) is 0 Å². The standard InChI is InChI=1S/C46H42N2/c1-5-15-33(16-6-1)39-24-21-34-17-9-10-20-38(34)45(39)46-41-26-23-36(47-27-11-3-12-28-47)31-42(41)44(35-18-7-2-8-19-35)40-25-22-37(32-43(40)46)48-29-13-4-14-30-48/h1-2,5-10,15-26,31-32H,3-4,11-14,27-30H2. The maximum Gasteiger partial charge on any atom is 0.0372 e. The van der Waals surface area contributed by atoms with Gasteiger partial charge in [0.2, 0.25) is 0 Å². The summed E-state index contributed by atoms with van der Waals surface area (Å²) in [4.78, 5) is 5.22. The lowest BCUT2D eigenvalue weighted by Gasteiger charge is -2.31. The number of piperidine rings is 2. The summed E-state index contributed by atoms with van der Waals surface area (Å²) in [6, 6.07) is 50.5. The van der Waals surface area contributed by atoms with Crippen LogP contribution in [-0.2, 0) is 0 Å². The monoisotopic (exact) mass is 622 g/mol. The second kappa shape index (κ2) is 12.5. The van der Waals surface area contributed by atoms with Gasteiger partial charge in [0.05, 0.1) is 0 Å². The fraction of sp³-hybridized carbons (Fsp3) is 0.217. The van der Waals surface area contributed by atoms with Crippen molar-refractivity contribution in [3.05, 3.63) is 133 Å². The maximum atomic E-state index is 2.61. The molecule has 236 valence electrons. The van der Waals surface area contributed by atoms with Crippen molar-refractivity contribution in [3.8, 4) is 33.4 Å². The van der Waals surface area contributed by atoms with Crippen LogP contribution in [0.15, 0.2) is 133 Å². The molecule has 48 heavy (non-hydrogen) atoms. The van der Waals surface area contributed by atoms with Crippen LogP contribution in [0, 0.1) is 0 Å². The van der Waals surface area contributed by atoms with E-state index in [1.165, 1.54) is 116 Å². The molecule has 2 heterocycles. The molecule has 0 aromatic heterocycles. The number of rotatable bonds is 5. The summed E-state index contributed by atoms with van der Waals surface area (Å²) in [6.07, 6.45) is 7.71. The van der Waals surface area contributed by atoms with Crippen LogP contribution >= 0.6 is 0 Å². The molecule has 0 saturated carbocycles. The van der Waals surface area contributed by atoms with Crippen LogP contribution in [-0.4, -0.2) is 26.2 Å². The summed E-state index contributed by atoms with van der Waals surface area (Å²) in [5.74, 6) is 0. The average molecular weight is 623 g/mol. The second-order valence-corrected chi connectivity index (χ2v) is 13.7. The molecule has 0 amide bonds. The van der Waals surface area contributed by atoms with Gasteiger partial charge < -0.3 is 9.80 Å². The molecule has 2 fully saturated rings. The Kier molecular flexibility index (Phi) is 7.58. The van der Waals surface area contributed by atoms with Crippen molar-refractivity contribution in [1.82, 2.24) is 0 Å². The molecule has 9 rings (SSSR count). The molecule has 2 aliphatic heterocycles. The summed E-state index contributed by atoms with van der Waals surface area (Å²) >= 11 is 0. The summed E-state index contributed by atoms with van der Waals surface area (Å²) in [6.45, 7) is 4.52. The van der Waals surface area contributed by atoms with Crippen LogP contribution in [0.4, 0.5) is 11.4 Å². The van der Waals surface area contributed by atoms with Gasteiger partial charge in [-0.15, -0.1) is 0 Å². The highest BCUT2D eigenvalue weighted by Crippen LogP contribution is 2.50. The van der Waals surface area contributed by atoms with Crippen molar-refractivity contribution in [1.29, 1.82) is 0 Å². The van der Waals surface area contributed by atoms with Crippen LogP contribution in [0.25, 0.3) is 65.7 Å². The lowest BCUT2D eigenvalue weighted by atomic mass is 9.81.